The fraction of sp³-hybridized carbons (Fsp3) is 0. The molecule has 122 valence electrons. The molecule has 0 spiro atoms. The van der Waals surface area contributed by atoms with Crippen molar-refractivity contribution in [2.45, 2.75) is 0 Å². The second-order valence-electron chi connectivity index (χ2n) is 4.25. The average molecular weight is 330 g/mol. The van der Waals surface area contributed by atoms with Gasteiger partial charge < -0.3 is 9.47 Å². The summed E-state index contributed by atoms with van der Waals surface area (Å²) in [6.07, 6.45) is -1.53. The second-order valence-corrected chi connectivity index (χ2v) is 4.25. The lowest BCUT2D eigenvalue weighted by atomic mass is 10.2. The number of hydrogen-bond acceptors (Lipinski definition) is 8. The van der Waals surface area contributed by atoms with Gasteiger partial charge in [-0.2, -0.15) is 19.4 Å². The minimum Gasteiger partial charge on any atom is -0.392 e. The number of hydrogen-bond donors (Lipinski definition) is 0. The highest BCUT2D eigenvalue weighted by Crippen LogP contribution is 2.14. The fourth-order valence-corrected chi connectivity index (χ4v) is 1.60. The van der Waals surface area contributed by atoms with Gasteiger partial charge in [-0.3, -0.25) is 9.59 Å². The molecule has 2 rings (SSSR count). The normalized spacial score (nSPS) is 9.50. The van der Waals surface area contributed by atoms with Gasteiger partial charge in [0.25, 0.3) is 0 Å². The highest BCUT2D eigenvalue weighted by molar-refractivity contribution is 5.77. The number of rotatable bonds is 4. The van der Waals surface area contributed by atoms with Crippen molar-refractivity contribution in [1.82, 2.24) is 0 Å². The Morgan fingerprint density at radius 2 is 1.12 bits per heavy atom. The molecule has 0 amide bonds. The van der Waals surface area contributed by atoms with E-state index in [4.69, 9.17) is 9.47 Å². The third kappa shape index (κ3) is 4.95. The Bertz CT molecular complexity index is 703. The highest BCUT2D eigenvalue weighted by Gasteiger charge is 2.14. The van der Waals surface area contributed by atoms with Crippen LogP contribution in [-0.2, 0) is 9.78 Å². The Hall–Kier alpha value is -3.68. The first kappa shape index (κ1) is 16.7. The number of ether oxygens (including phenoxy) is 2. The zero-order valence-electron chi connectivity index (χ0n) is 12.0. The Labute approximate surface area is 135 Å². The first-order valence-corrected chi connectivity index (χ1v) is 6.49. The van der Waals surface area contributed by atoms with Gasteiger partial charge in [0.15, 0.2) is 0 Å². The number of aldehydes is 2. The smallest absolute Gasteiger partial charge is 0.392 e. The van der Waals surface area contributed by atoms with E-state index in [-0.39, 0.29) is 22.6 Å². The van der Waals surface area contributed by atoms with E-state index in [2.05, 4.69) is 9.78 Å². The molecule has 0 aromatic heterocycles. The summed E-state index contributed by atoms with van der Waals surface area (Å²) in [4.78, 5) is 52.1. The molecule has 2 aromatic carbocycles. The molecule has 2 aromatic rings. The van der Waals surface area contributed by atoms with Crippen molar-refractivity contribution in [1.29, 1.82) is 0 Å². The topological polar surface area (TPSA) is 105 Å². The third-order valence-corrected chi connectivity index (χ3v) is 2.57. The van der Waals surface area contributed by atoms with Gasteiger partial charge >= 0.3 is 12.3 Å². The highest BCUT2D eigenvalue weighted by atomic mass is 17.3. The van der Waals surface area contributed by atoms with E-state index in [1.807, 2.05) is 0 Å². The molecule has 0 radical (unpaired) electrons. The van der Waals surface area contributed by atoms with Crippen LogP contribution in [-0.4, -0.2) is 24.9 Å². The van der Waals surface area contributed by atoms with Crippen molar-refractivity contribution in [2.75, 3.05) is 0 Å². The Morgan fingerprint density at radius 3 is 1.50 bits per heavy atom. The minimum atomic E-state index is -1.34. The minimum absolute atomic E-state index is 0.0280. The van der Waals surface area contributed by atoms with Gasteiger partial charge in [-0.05, 0) is 24.3 Å². The summed E-state index contributed by atoms with van der Waals surface area (Å²) in [6.45, 7) is 0. The zero-order valence-corrected chi connectivity index (χ0v) is 12.0. The molecule has 0 atom stereocenters. The van der Waals surface area contributed by atoms with Crippen molar-refractivity contribution >= 4 is 24.9 Å². The van der Waals surface area contributed by atoms with E-state index in [1.165, 1.54) is 48.5 Å². The molecule has 0 saturated heterocycles. The molecule has 8 nitrogen and oxygen atoms in total. The molecule has 0 bridgehead atoms. The summed E-state index contributed by atoms with van der Waals surface area (Å²) in [6, 6.07) is 11.4. The van der Waals surface area contributed by atoms with Crippen LogP contribution in [0.5, 0.6) is 11.5 Å². The number of carbonyl (C=O) groups is 4. The Balaban J connectivity index is 1.83. The average Bonchev–Trinajstić information content (AvgIpc) is 2.60. The van der Waals surface area contributed by atoms with Crippen molar-refractivity contribution in [2.24, 2.45) is 0 Å². The molecule has 0 heterocycles. The lowest BCUT2D eigenvalue weighted by Crippen LogP contribution is -2.17. The van der Waals surface area contributed by atoms with Gasteiger partial charge in [-0.15, -0.1) is 0 Å². The Morgan fingerprint density at radius 1 is 0.708 bits per heavy atom. The van der Waals surface area contributed by atoms with Gasteiger partial charge in [0, 0.05) is 11.1 Å². The molecular formula is C16H10O8. The predicted octanol–water partition coefficient (Wildman–Crippen LogP) is 2.96. The van der Waals surface area contributed by atoms with Crippen molar-refractivity contribution in [3.8, 4) is 11.5 Å². The van der Waals surface area contributed by atoms with E-state index in [1.54, 1.807) is 0 Å². The third-order valence-electron chi connectivity index (χ3n) is 2.57. The van der Waals surface area contributed by atoms with E-state index in [9.17, 15) is 19.2 Å². The van der Waals surface area contributed by atoms with Crippen LogP contribution in [0.3, 0.4) is 0 Å². The van der Waals surface area contributed by atoms with Gasteiger partial charge in [0.1, 0.15) is 24.1 Å². The van der Waals surface area contributed by atoms with Crippen molar-refractivity contribution in [3.05, 3.63) is 59.7 Å². The summed E-state index contributed by atoms with van der Waals surface area (Å²) in [5, 5.41) is 0. The molecule has 0 fully saturated rings. The zero-order chi connectivity index (χ0) is 17.4. The molecule has 8 heteroatoms. The lowest BCUT2D eigenvalue weighted by molar-refractivity contribution is -0.203. The first-order valence-electron chi connectivity index (χ1n) is 6.49. The molecule has 0 unspecified atom stereocenters. The van der Waals surface area contributed by atoms with Crippen LogP contribution < -0.4 is 9.47 Å². The molecule has 0 N–H and O–H groups in total. The monoisotopic (exact) mass is 330 g/mol. The van der Waals surface area contributed by atoms with Crippen LogP contribution in [0.2, 0.25) is 0 Å². The Kier molecular flexibility index (Phi) is 5.62. The largest absolute Gasteiger partial charge is 0.555 e. The maximum Gasteiger partial charge on any atom is 0.555 e. The van der Waals surface area contributed by atoms with E-state index >= 15 is 0 Å². The van der Waals surface area contributed by atoms with E-state index < -0.39 is 12.3 Å². The fourth-order valence-electron chi connectivity index (χ4n) is 1.60. The van der Waals surface area contributed by atoms with Crippen LogP contribution in [0.25, 0.3) is 0 Å². The summed E-state index contributed by atoms with van der Waals surface area (Å²) >= 11 is 0. The van der Waals surface area contributed by atoms with Crippen LogP contribution in [0.1, 0.15) is 20.7 Å². The molecule has 24 heavy (non-hydrogen) atoms. The molecule has 0 aliphatic carbocycles. The van der Waals surface area contributed by atoms with Gasteiger partial charge in [0.05, 0.1) is 0 Å². The van der Waals surface area contributed by atoms with Gasteiger partial charge in [0.2, 0.25) is 0 Å². The summed E-state index contributed by atoms with van der Waals surface area (Å²) in [7, 11) is 0. The maximum absolute atomic E-state index is 11.4. The quantitative estimate of drug-likeness (QED) is 0.277. The van der Waals surface area contributed by atoms with Crippen molar-refractivity contribution < 1.29 is 38.4 Å². The van der Waals surface area contributed by atoms with Crippen LogP contribution in [0.15, 0.2) is 48.5 Å². The SMILES string of the molecule is O=Cc1cccc(OC(=O)OOC(=O)Oc2cccc(C=O)c2)c1. The van der Waals surface area contributed by atoms with E-state index in [0.29, 0.717) is 12.6 Å². The first-order chi connectivity index (χ1) is 11.6. The van der Waals surface area contributed by atoms with Crippen LogP contribution >= 0.6 is 0 Å². The van der Waals surface area contributed by atoms with Gasteiger partial charge in [-0.25, -0.2) is 0 Å². The lowest BCUT2D eigenvalue weighted by Gasteiger charge is -2.05. The number of carbonyl (C=O) groups excluding carboxylic acids is 4. The van der Waals surface area contributed by atoms with Crippen LogP contribution in [0.4, 0.5) is 9.59 Å². The molecule has 0 saturated carbocycles. The van der Waals surface area contributed by atoms with E-state index in [0.717, 1.165) is 0 Å². The molecule has 0 aliphatic rings. The summed E-state index contributed by atoms with van der Waals surface area (Å²) < 4.78 is 9.39. The van der Waals surface area contributed by atoms with Crippen molar-refractivity contribution in [3.63, 3.8) is 0 Å². The molecule has 0 aliphatic heterocycles. The predicted molar refractivity (Wildman–Crippen MR) is 77.9 cm³/mol. The van der Waals surface area contributed by atoms with Crippen LogP contribution in [0, 0.1) is 0 Å². The molecular weight excluding hydrogens is 320 g/mol. The summed E-state index contributed by atoms with van der Waals surface area (Å²) in [5.41, 5.74) is 0.575. The second kappa shape index (κ2) is 8.08. The van der Waals surface area contributed by atoms with Gasteiger partial charge in [-0.1, -0.05) is 24.3 Å². The standard InChI is InChI=1S/C16H10O8/c17-9-11-3-1-5-13(7-11)21-15(19)23-24-16(20)22-14-6-2-4-12(8-14)10-18/h1-10H. The maximum atomic E-state index is 11.4. The summed E-state index contributed by atoms with van der Waals surface area (Å²) in [5.74, 6) is 0.0560. The number of benzene rings is 2.